The Balaban J connectivity index is 1.72. The second kappa shape index (κ2) is 8.72. The van der Waals surface area contributed by atoms with Crippen LogP contribution in [0.1, 0.15) is 24.2 Å². The number of carbonyl (C=O) groups is 1. The molecule has 0 saturated heterocycles. The molecule has 0 atom stereocenters. The van der Waals surface area contributed by atoms with Crippen molar-refractivity contribution >= 4 is 49.8 Å². The first-order valence-corrected chi connectivity index (χ1v) is 11.5. The molecule has 1 amide bonds. The van der Waals surface area contributed by atoms with Crippen molar-refractivity contribution in [3.05, 3.63) is 60.2 Å². The highest BCUT2D eigenvalue weighted by molar-refractivity contribution is 8.01. The second-order valence-corrected chi connectivity index (χ2v) is 10.5. The van der Waals surface area contributed by atoms with Gasteiger partial charge in [-0.15, -0.1) is 10.2 Å². The van der Waals surface area contributed by atoms with Crippen LogP contribution in [0.4, 0.5) is 10.8 Å². The van der Waals surface area contributed by atoms with Gasteiger partial charge in [0.2, 0.25) is 5.13 Å². The van der Waals surface area contributed by atoms with Crippen LogP contribution in [-0.2, 0) is 10.0 Å². The number of thioether (sulfide) groups is 1. The number of sulfonamides is 1. The van der Waals surface area contributed by atoms with E-state index in [0.717, 1.165) is 4.34 Å². The SMILES string of the molecule is CC(C)Sc1nnc(NC(=O)c2cccc(NS(=O)(=O)c3ccccc3)c2)s1. The number of amides is 1. The van der Waals surface area contributed by atoms with Gasteiger partial charge in [-0.25, -0.2) is 8.42 Å². The minimum atomic E-state index is -3.73. The fourth-order valence-electron chi connectivity index (χ4n) is 2.22. The van der Waals surface area contributed by atoms with Crippen LogP contribution in [0.5, 0.6) is 0 Å². The van der Waals surface area contributed by atoms with E-state index in [-0.39, 0.29) is 4.90 Å². The van der Waals surface area contributed by atoms with Crippen LogP contribution < -0.4 is 10.0 Å². The molecule has 7 nitrogen and oxygen atoms in total. The number of carbonyl (C=O) groups excluding carboxylic acids is 1. The van der Waals surface area contributed by atoms with Crippen molar-refractivity contribution in [2.45, 2.75) is 28.3 Å². The van der Waals surface area contributed by atoms with Crippen LogP contribution >= 0.6 is 23.1 Å². The molecular formula is C18H18N4O3S3. The van der Waals surface area contributed by atoms with Gasteiger partial charge in [-0.1, -0.05) is 61.2 Å². The third-order valence-corrected chi connectivity index (χ3v) is 6.72. The highest BCUT2D eigenvalue weighted by Gasteiger charge is 2.16. The first kappa shape index (κ1) is 20.3. The van der Waals surface area contributed by atoms with E-state index < -0.39 is 15.9 Å². The van der Waals surface area contributed by atoms with Gasteiger partial charge in [-0.05, 0) is 30.3 Å². The lowest BCUT2D eigenvalue weighted by Crippen LogP contribution is -2.15. The Kier molecular flexibility index (Phi) is 6.32. The second-order valence-electron chi connectivity index (χ2n) is 5.99. The van der Waals surface area contributed by atoms with Gasteiger partial charge in [-0.2, -0.15) is 0 Å². The lowest BCUT2D eigenvalue weighted by molar-refractivity contribution is 0.102. The molecule has 0 unspecified atom stereocenters. The average Bonchev–Trinajstić information content (AvgIpc) is 3.08. The Morgan fingerprint density at radius 3 is 2.54 bits per heavy atom. The van der Waals surface area contributed by atoms with Crippen molar-refractivity contribution in [3.8, 4) is 0 Å². The maximum atomic E-state index is 12.5. The minimum absolute atomic E-state index is 0.147. The number of nitrogens with one attached hydrogen (secondary N) is 2. The zero-order valence-corrected chi connectivity index (χ0v) is 17.6. The average molecular weight is 435 g/mol. The molecule has 0 aliphatic carbocycles. The Morgan fingerprint density at radius 2 is 1.82 bits per heavy atom. The van der Waals surface area contributed by atoms with Crippen molar-refractivity contribution in [1.29, 1.82) is 0 Å². The fraction of sp³-hybridized carbons (Fsp3) is 0.167. The fourth-order valence-corrected chi connectivity index (χ4v) is 5.26. The van der Waals surface area contributed by atoms with E-state index in [2.05, 4.69) is 20.2 Å². The number of rotatable bonds is 7. The predicted octanol–water partition coefficient (Wildman–Crippen LogP) is 4.09. The lowest BCUT2D eigenvalue weighted by atomic mass is 10.2. The van der Waals surface area contributed by atoms with Crippen molar-refractivity contribution in [1.82, 2.24) is 10.2 Å². The smallest absolute Gasteiger partial charge is 0.261 e. The number of hydrogen-bond donors (Lipinski definition) is 2. The molecule has 0 fully saturated rings. The predicted molar refractivity (Wildman–Crippen MR) is 113 cm³/mol. The molecule has 2 N–H and O–H groups in total. The topological polar surface area (TPSA) is 101 Å². The normalized spacial score (nSPS) is 11.4. The molecule has 1 aromatic heterocycles. The molecule has 0 aliphatic heterocycles. The van der Waals surface area contributed by atoms with E-state index in [9.17, 15) is 13.2 Å². The molecule has 10 heteroatoms. The molecule has 1 heterocycles. The maximum Gasteiger partial charge on any atom is 0.261 e. The molecule has 0 bridgehead atoms. The highest BCUT2D eigenvalue weighted by Crippen LogP contribution is 2.28. The van der Waals surface area contributed by atoms with Crippen LogP contribution in [0.15, 0.2) is 63.8 Å². The standard InChI is InChI=1S/C18H18N4O3S3/c1-12(2)26-18-21-20-17(27-18)19-16(23)13-7-6-8-14(11-13)22-28(24,25)15-9-4-3-5-10-15/h3-12,22H,1-2H3,(H,19,20,23). The number of anilines is 2. The minimum Gasteiger partial charge on any atom is -0.296 e. The summed E-state index contributed by atoms with van der Waals surface area (Å²) in [5, 5.41) is 11.4. The Morgan fingerprint density at radius 1 is 1.07 bits per heavy atom. The van der Waals surface area contributed by atoms with Crippen LogP contribution in [0.2, 0.25) is 0 Å². The molecule has 0 radical (unpaired) electrons. The monoisotopic (exact) mass is 434 g/mol. The van der Waals surface area contributed by atoms with Crippen molar-refractivity contribution < 1.29 is 13.2 Å². The summed E-state index contributed by atoms with van der Waals surface area (Å²) in [6.45, 7) is 4.10. The van der Waals surface area contributed by atoms with Crippen molar-refractivity contribution in [2.24, 2.45) is 0 Å². The third-order valence-electron chi connectivity index (χ3n) is 3.39. The Labute approximate surface area is 171 Å². The highest BCUT2D eigenvalue weighted by atomic mass is 32.2. The molecular weight excluding hydrogens is 416 g/mol. The number of hydrogen-bond acceptors (Lipinski definition) is 7. The van der Waals surface area contributed by atoms with Crippen LogP contribution in [0, 0.1) is 0 Å². The van der Waals surface area contributed by atoms with E-state index in [1.54, 1.807) is 48.2 Å². The number of benzene rings is 2. The Hall–Kier alpha value is -2.43. The van der Waals surface area contributed by atoms with Gasteiger partial charge < -0.3 is 0 Å². The summed E-state index contributed by atoms with van der Waals surface area (Å²) in [6.07, 6.45) is 0. The molecule has 146 valence electrons. The molecule has 0 spiro atoms. The summed E-state index contributed by atoms with van der Waals surface area (Å²) in [5.74, 6) is -0.391. The molecule has 3 aromatic rings. The van der Waals surface area contributed by atoms with E-state index in [1.807, 2.05) is 13.8 Å². The first-order chi connectivity index (χ1) is 13.3. The summed E-state index contributed by atoms with van der Waals surface area (Å²) >= 11 is 2.86. The van der Waals surface area contributed by atoms with Crippen LogP contribution in [0.25, 0.3) is 0 Å². The summed E-state index contributed by atoms with van der Waals surface area (Å²) in [7, 11) is -3.73. The van der Waals surface area contributed by atoms with Gasteiger partial charge >= 0.3 is 0 Å². The summed E-state index contributed by atoms with van der Waals surface area (Å²) in [4.78, 5) is 12.6. The molecule has 3 rings (SSSR count). The maximum absolute atomic E-state index is 12.5. The number of nitrogens with zero attached hydrogens (tertiary/aromatic N) is 2. The first-order valence-electron chi connectivity index (χ1n) is 8.33. The van der Waals surface area contributed by atoms with Gasteiger partial charge in [0.1, 0.15) is 0 Å². The molecule has 28 heavy (non-hydrogen) atoms. The molecule has 0 aliphatic rings. The van der Waals surface area contributed by atoms with E-state index in [1.165, 1.54) is 29.5 Å². The van der Waals surface area contributed by atoms with Gasteiger partial charge in [0.15, 0.2) is 4.34 Å². The van der Waals surface area contributed by atoms with E-state index >= 15 is 0 Å². The largest absolute Gasteiger partial charge is 0.296 e. The van der Waals surface area contributed by atoms with Gasteiger partial charge in [-0.3, -0.25) is 14.8 Å². The van der Waals surface area contributed by atoms with E-state index in [0.29, 0.717) is 21.6 Å². The van der Waals surface area contributed by atoms with Crippen LogP contribution in [0.3, 0.4) is 0 Å². The zero-order chi connectivity index (χ0) is 20.1. The summed E-state index contributed by atoms with van der Waals surface area (Å²) in [6, 6.07) is 14.3. The Bertz CT molecular complexity index is 1070. The number of aromatic nitrogens is 2. The molecule has 0 saturated carbocycles. The third kappa shape index (κ3) is 5.31. The van der Waals surface area contributed by atoms with E-state index in [4.69, 9.17) is 0 Å². The van der Waals surface area contributed by atoms with Crippen molar-refractivity contribution in [2.75, 3.05) is 10.0 Å². The summed E-state index contributed by atoms with van der Waals surface area (Å²) in [5.41, 5.74) is 0.603. The molecule has 2 aromatic carbocycles. The lowest BCUT2D eigenvalue weighted by Gasteiger charge is -2.09. The zero-order valence-electron chi connectivity index (χ0n) is 15.1. The summed E-state index contributed by atoms with van der Waals surface area (Å²) < 4.78 is 28.1. The quantitative estimate of drug-likeness (QED) is 0.429. The van der Waals surface area contributed by atoms with Gasteiger partial charge in [0, 0.05) is 16.5 Å². The van der Waals surface area contributed by atoms with Gasteiger partial charge in [0.25, 0.3) is 15.9 Å². The van der Waals surface area contributed by atoms with Crippen LogP contribution in [-0.4, -0.2) is 29.8 Å². The van der Waals surface area contributed by atoms with Crippen molar-refractivity contribution in [3.63, 3.8) is 0 Å². The van der Waals surface area contributed by atoms with Gasteiger partial charge in [0.05, 0.1) is 4.90 Å².